The van der Waals surface area contributed by atoms with E-state index in [1.54, 1.807) is 0 Å². The van der Waals surface area contributed by atoms with E-state index in [2.05, 4.69) is 4.85 Å². The molecule has 0 aromatic carbocycles. The van der Waals surface area contributed by atoms with Gasteiger partial charge in [0.1, 0.15) is 0 Å². The molecule has 0 bridgehead atoms. The number of hydrogen-bond acceptors (Lipinski definition) is 3. The monoisotopic (exact) mass is 426 g/mol. The molecule has 0 aromatic heterocycles. The summed E-state index contributed by atoms with van der Waals surface area (Å²) in [5.41, 5.74) is 0. The fourth-order valence-electron chi connectivity index (χ4n) is 1.38. The van der Waals surface area contributed by atoms with Crippen molar-refractivity contribution in [3.8, 4) is 0 Å². The molecule has 0 saturated carbocycles. The Bertz CT molecular complexity index is 182. The van der Waals surface area contributed by atoms with E-state index < -0.39 is 8.80 Å². The van der Waals surface area contributed by atoms with Crippen molar-refractivity contribution < 1.29 is 34.3 Å². The van der Waals surface area contributed by atoms with E-state index in [1.807, 2.05) is 20.8 Å². The van der Waals surface area contributed by atoms with Crippen molar-refractivity contribution in [2.75, 3.05) is 26.4 Å². The standard InChI is InChI=1S/C10H21NO3Si.Pt/c1-5-12-15(13-6-2,14-7-3)10-8-9-11-4;/h5-10H2,1-3H3;. The molecule has 0 spiro atoms. The van der Waals surface area contributed by atoms with Crippen molar-refractivity contribution in [3.63, 3.8) is 0 Å². The zero-order chi connectivity index (χ0) is 11.6. The first kappa shape index (κ1) is 18.6. The summed E-state index contributed by atoms with van der Waals surface area (Å²) in [6.07, 6.45) is 0.787. The minimum absolute atomic E-state index is 0. The Morgan fingerprint density at radius 3 is 1.75 bits per heavy atom. The minimum atomic E-state index is -2.48. The van der Waals surface area contributed by atoms with Gasteiger partial charge in [-0.05, 0) is 20.8 Å². The van der Waals surface area contributed by atoms with Crippen molar-refractivity contribution >= 4 is 8.80 Å². The van der Waals surface area contributed by atoms with Gasteiger partial charge in [-0.3, -0.25) is 0 Å². The average molecular weight is 426 g/mol. The van der Waals surface area contributed by atoms with E-state index in [1.165, 1.54) is 0 Å². The smallest absolute Gasteiger partial charge is 0.374 e. The van der Waals surface area contributed by atoms with Crippen molar-refractivity contribution in [2.24, 2.45) is 0 Å². The molecule has 0 fully saturated rings. The zero-order valence-electron chi connectivity index (χ0n) is 10.2. The predicted octanol–water partition coefficient (Wildman–Crippen LogP) is 2.34. The Balaban J connectivity index is 0. The molecule has 0 N–H and O–H groups in total. The minimum Gasteiger partial charge on any atom is -0.374 e. The third-order valence-corrected chi connectivity index (χ3v) is 5.00. The summed E-state index contributed by atoms with van der Waals surface area (Å²) in [5.74, 6) is 0. The van der Waals surface area contributed by atoms with Gasteiger partial charge in [-0.2, -0.15) is 0 Å². The molecule has 0 atom stereocenters. The maximum Gasteiger partial charge on any atom is 0.501 e. The van der Waals surface area contributed by atoms with E-state index in [0.29, 0.717) is 26.4 Å². The largest absolute Gasteiger partial charge is 0.501 e. The Morgan fingerprint density at radius 2 is 1.44 bits per heavy atom. The van der Waals surface area contributed by atoms with Crippen molar-refractivity contribution in [2.45, 2.75) is 33.2 Å². The molecule has 0 rings (SSSR count). The third kappa shape index (κ3) is 7.53. The van der Waals surface area contributed by atoms with Crippen LogP contribution in [0.15, 0.2) is 0 Å². The number of rotatable bonds is 9. The van der Waals surface area contributed by atoms with E-state index in [0.717, 1.165) is 12.5 Å². The molecule has 0 unspecified atom stereocenters. The normalized spacial score (nSPS) is 10.6. The summed E-state index contributed by atoms with van der Waals surface area (Å²) < 4.78 is 16.9. The first-order chi connectivity index (χ1) is 7.24. The van der Waals surface area contributed by atoms with Crippen LogP contribution in [0, 0.1) is 6.57 Å². The molecule has 6 heteroatoms. The van der Waals surface area contributed by atoms with Crippen LogP contribution >= 0.6 is 0 Å². The van der Waals surface area contributed by atoms with Gasteiger partial charge in [0, 0.05) is 53.4 Å². The van der Waals surface area contributed by atoms with Crippen LogP contribution in [0.5, 0.6) is 0 Å². The van der Waals surface area contributed by atoms with Crippen LogP contribution in [-0.2, 0) is 34.3 Å². The van der Waals surface area contributed by atoms with Gasteiger partial charge in [0.2, 0.25) is 6.54 Å². The zero-order valence-corrected chi connectivity index (χ0v) is 13.5. The van der Waals surface area contributed by atoms with Gasteiger partial charge in [-0.25, -0.2) is 6.57 Å². The molecule has 0 aliphatic heterocycles. The predicted molar refractivity (Wildman–Crippen MR) is 61.5 cm³/mol. The van der Waals surface area contributed by atoms with Crippen LogP contribution in [0.1, 0.15) is 27.2 Å². The molecule has 0 saturated heterocycles. The van der Waals surface area contributed by atoms with Gasteiger partial charge in [-0.15, -0.1) is 0 Å². The van der Waals surface area contributed by atoms with Crippen LogP contribution in [-0.4, -0.2) is 35.2 Å². The van der Waals surface area contributed by atoms with Crippen LogP contribution in [0.3, 0.4) is 0 Å². The second-order valence-electron chi connectivity index (χ2n) is 2.97. The van der Waals surface area contributed by atoms with Crippen LogP contribution in [0.25, 0.3) is 4.85 Å². The Hall–Kier alpha value is 0.275. The molecule has 0 radical (unpaired) electrons. The second kappa shape index (κ2) is 11.8. The van der Waals surface area contributed by atoms with E-state index in [4.69, 9.17) is 19.9 Å². The first-order valence-corrected chi connectivity index (χ1v) is 7.42. The summed E-state index contributed by atoms with van der Waals surface area (Å²) in [5, 5.41) is 0. The number of hydrogen-bond donors (Lipinski definition) is 0. The van der Waals surface area contributed by atoms with E-state index in [9.17, 15) is 0 Å². The van der Waals surface area contributed by atoms with Crippen molar-refractivity contribution in [1.82, 2.24) is 0 Å². The fourth-order valence-corrected chi connectivity index (χ4v) is 3.97. The SMILES string of the molecule is [C-]#[N+]CCC[Si](OCC)(OCC)OCC.[Pt]. The molecule has 0 aliphatic carbocycles. The maximum absolute atomic E-state index is 6.73. The fraction of sp³-hybridized carbons (Fsp3) is 0.900. The summed E-state index contributed by atoms with van der Waals surface area (Å²) in [4.78, 5) is 3.32. The van der Waals surface area contributed by atoms with E-state index in [-0.39, 0.29) is 21.1 Å². The maximum atomic E-state index is 6.73. The third-order valence-electron chi connectivity index (χ3n) is 1.85. The first-order valence-electron chi connectivity index (χ1n) is 5.49. The average Bonchev–Trinajstić information content (AvgIpc) is 2.19. The van der Waals surface area contributed by atoms with Crippen LogP contribution in [0.2, 0.25) is 6.04 Å². The molecule has 16 heavy (non-hydrogen) atoms. The molecular formula is C10H21NO3PtSi. The molecule has 0 amide bonds. The van der Waals surface area contributed by atoms with Crippen molar-refractivity contribution in [3.05, 3.63) is 11.4 Å². The van der Waals surface area contributed by atoms with Gasteiger partial charge in [0.15, 0.2) is 0 Å². The van der Waals surface area contributed by atoms with Gasteiger partial charge < -0.3 is 18.1 Å². The Labute approximate surface area is 114 Å². The molecule has 98 valence electrons. The Morgan fingerprint density at radius 1 is 1.00 bits per heavy atom. The molecular weight excluding hydrogens is 405 g/mol. The molecule has 4 nitrogen and oxygen atoms in total. The second-order valence-corrected chi connectivity index (χ2v) is 5.70. The summed E-state index contributed by atoms with van der Waals surface area (Å²) in [6, 6.07) is 0.741. The van der Waals surface area contributed by atoms with Crippen molar-refractivity contribution in [1.29, 1.82) is 0 Å². The molecule has 0 aliphatic rings. The molecule has 0 heterocycles. The summed E-state index contributed by atoms with van der Waals surface area (Å²) >= 11 is 0. The quantitative estimate of drug-likeness (QED) is 0.322. The van der Waals surface area contributed by atoms with Gasteiger partial charge in [0.05, 0.1) is 0 Å². The molecule has 0 aromatic rings. The van der Waals surface area contributed by atoms with Gasteiger partial charge in [0.25, 0.3) is 0 Å². The number of nitrogens with zero attached hydrogens (tertiary/aromatic N) is 1. The van der Waals surface area contributed by atoms with Gasteiger partial charge in [-0.1, -0.05) is 0 Å². The topological polar surface area (TPSA) is 32.0 Å². The van der Waals surface area contributed by atoms with E-state index >= 15 is 0 Å². The van der Waals surface area contributed by atoms with Gasteiger partial charge >= 0.3 is 8.80 Å². The Kier molecular flexibility index (Phi) is 13.7. The van der Waals surface area contributed by atoms with Crippen LogP contribution in [0.4, 0.5) is 0 Å². The summed E-state index contributed by atoms with van der Waals surface area (Å²) in [7, 11) is -2.48. The van der Waals surface area contributed by atoms with Crippen LogP contribution < -0.4 is 0 Å². The summed E-state index contributed by atoms with van der Waals surface area (Å²) in [6.45, 7) is 14.9.